The summed E-state index contributed by atoms with van der Waals surface area (Å²) in [6.45, 7) is 3.77. The van der Waals surface area contributed by atoms with Crippen LogP contribution in [-0.4, -0.2) is 0 Å². The number of anilines is 1. The number of rotatable bonds is 2. The van der Waals surface area contributed by atoms with Crippen LogP contribution in [0.15, 0.2) is 18.5 Å². The molecule has 0 amide bonds. The summed E-state index contributed by atoms with van der Waals surface area (Å²) < 4.78 is 0. The fourth-order valence-electron chi connectivity index (χ4n) is 3.13. The molecule has 3 N–H and O–H groups in total. The molecule has 1 aromatic carbocycles. The molecule has 2 aliphatic carbocycles. The Balaban J connectivity index is 2.15. The van der Waals surface area contributed by atoms with E-state index in [4.69, 9.17) is 5.73 Å². The number of aryl methyl sites for hydroxylation is 2. The fraction of sp³-hybridized carbons (Fsp3) is 0.429. The van der Waals surface area contributed by atoms with Gasteiger partial charge in [0.2, 0.25) is 0 Å². The van der Waals surface area contributed by atoms with Crippen molar-refractivity contribution in [2.75, 3.05) is 5.32 Å². The number of hydrogen-bond donors (Lipinski definition) is 2. The van der Waals surface area contributed by atoms with Crippen molar-refractivity contribution in [2.45, 2.75) is 38.5 Å². The standard InChI is InChI=1S/C14H18N2/c1-9(15)16-14-12-6-2-4-10(12)8-11-5-3-7-13(11)14/h8,16H,1-7,15H2. The van der Waals surface area contributed by atoms with E-state index in [-0.39, 0.29) is 0 Å². The quantitative estimate of drug-likeness (QED) is 0.794. The second kappa shape index (κ2) is 3.55. The molecule has 0 saturated carbocycles. The van der Waals surface area contributed by atoms with Crippen molar-refractivity contribution in [2.24, 2.45) is 5.73 Å². The molecule has 1 aromatic rings. The number of nitrogens with two attached hydrogens (primary N) is 1. The Bertz CT molecular complexity index is 428. The summed E-state index contributed by atoms with van der Waals surface area (Å²) in [5.74, 6) is 0.564. The molecule has 2 heteroatoms. The fourth-order valence-corrected chi connectivity index (χ4v) is 3.13. The first kappa shape index (κ1) is 9.76. The molecular weight excluding hydrogens is 196 g/mol. The van der Waals surface area contributed by atoms with Gasteiger partial charge in [0.25, 0.3) is 0 Å². The average Bonchev–Trinajstić information content (AvgIpc) is 2.83. The van der Waals surface area contributed by atoms with Crippen LogP contribution in [0.1, 0.15) is 35.1 Å². The maximum Gasteiger partial charge on any atom is 0.0930 e. The van der Waals surface area contributed by atoms with Crippen LogP contribution in [0.3, 0.4) is 0 Å². The van der Waals surface area contributed by atoms with E-state index in [1.165, 1.54) is 66.5 Å². The lowest BCUT2D eigenvalue weighted by Gasteiger charge is -2.16. The highest BCUT2D eigenvalue weighted by molar-refractivity contribution is 5.67. The Morgan fingerprint density at radius 3 is 2.12 bits per heavy atom. The van der Waals surface area contributed by atoms with Gasteiger partial charge in [0.15, 0.2) is 0 Å². The molecule has 0 atom stereocenters. The topological polar surface area (TPSA) is 38.0 Å². The molecule has 2 nitrogen and oxygen atoms in total. The van der Waals surface area contributed by atoms with Crippen molar-refractivity contribution in [3.05, 3.63) is 40.7 Å². The van der Waals surface area contributed by atoms with Gasteiger partial charge in [0.1, 0.15) is 0 Å². The lowest BCUT2D eigenvalue weighted by Crippen LogP contribution is -2.11. The third kappa shape index (κ3) is 1.41. The number of benzene rings is 1. The predicted octanol–water partition coefficient (Wildman–Crippen LogP) is 2.51. The summed E-state index contributed by atoms with van der Waals surface area (Å²) in [6, 6.07) is 2.43. The molecule has 0 aliphatic heterocycles. The Kier molecular flexibility index (Phi) is 2.16. The second-order valence-corrected chi connectivity index (χ2v) is 4.88. The van der Waals surface area contributed by atoms with Gasteiger partial charge < -0.3 is 11.1 Å². The molecule has 0 bridgehead atoms. The summed E-state index contributed by atoms with van der Waals surface area (Å²) in [7, 11) is 0. The van der Waals surface area contributed by atoms with Gasteiger partial charge >= 0.3 is 0 Å². The van der Waals surface area contributed by atoms with Gasteiger partial charge in [-0.05, 0) is 60.8 Å². The molecule has 3 rings (SSSR count). The van der Waals surface area contributed by atoms with Gasteiger partial charge in [-0.15, -0.1) is 0 Å². The molecule has 0 aromatic heterocycles. The van der Waals surface area contributed by atoms with Crippen LogP contribution in [0.5, 0.6) is 0 Å². The van der Waals surface area contributed by atoms with E-state index >= 15 is 0 Å². The van der Waals surface area contributed by atoms with Gasteiger partial charge in [-0.1, -0.05) is 12.6 Å². The van der Waals surface area contributed by atoms with Gasteiger partial charge in [-0.25, -0.2) is 0 Å². The second-order valence-electron chi connectivity index (χ2n) is 4.88. The van der Waals surface area contributed by atoms with Crippen LogP contribution >= 0.6 is 0 Å². The van der Waals surface area contributed by atoms with E-state index < -0.39 is 0 Å². The summed E-state index contributed by atoms with van der Waals surface area (Å²) in [4.78, 5) is 0. The molecule has 2 aliphatic rings. The van der Waals surface area contributed by atoms with Crippen LogP contribution < -0.4 is 11.1 Å². The smallest absolute Gasteiger partial charge is 0.0930 e. The Morgan fingerprint density at radius 2 is 1.62 bits per heavy atom. The monoisotopic (exact) mass is 214 g/mol. The summed E-state index contributed by atoms with van der Waals surface area (Å²) in [5, 5.41) is 3.29. The molecule has 0 fully saturated rings. The zero-order valence-corrected chi connectivity index (χ0v) is 9.60. The minimum absolute atomic E-state index is 0.564. The van der Waals surface area contributed by atoms with E-state index in [1.54, 1.807) is 0 Å². The molecular formula is C14H18N2. The maximum atomic E-state index is 5.71. The summed E-state index contributed by atoms with van der Waals surface area (Å²) in [5.41, 5.74) is 13.0. The lowest BCUT2D eigenvalue weighted by atomic mass is 9.99. The minimum Gasteiger partial charge on any atom is -0.386 e. The lowest BCUT2D eigenvalue weighted by molar-refractivity contribution is 0.898. The first-order valence-corrected chi connectivity index (χ1v) is 6.13. The largest absolute Gasteiger partial charge is 0.386 e. The van der Waals surface area contributed by atoms with Crippen LogP contribution in [-0.2, 0) is 25.7 Å². The molecule has 0 spiro atoms. The highest BCUT2D eigenvalue weighted by Gasteiger charge is 2.23. The zero-order chi connectivity index (χ0) is 11.1. The van der Waals surface area contributed by atoms with Crippen LogP contribution in [0.4, 0.5) is 5.69 Å². The van der Waals surface area contributed by atoms with Crippen molar-refractivity contribution in [3.8, 4) is 0 Å². The number of hydrogen-bond acceptors (Lipinski definition) is 2. The van der Waals surface area contributed by atoms with E-state index in [1.807, 2.05) is 0 Å². The Labute approximate surface area is 96.5 Å². The van der Waals surface area contributed by atoms with Crippen LogP contribution in [0.2, 0.25) is 0 Å². The van der Waals surface area contributed by atoms with Crippen molar-refractivity contribution in [3.63, 3.8) is 0 Å². The Morgan fingerprint density at radius 1 is 1.06 bits per heavy atom. The molecule has 0 heterocycles. The normalized spacial score (nSPS) is 17.0. The van der Waals surface area contributed by atoms with E-state index in [9.17, 15) is 0 Å². The minimum atomic E-state index is 0.564. The molecule has 16 heavy (non-hydrogen) atoms. The third-order valence-electron chi connectivity index (χ3n) is 3.76. The van der Waals surface area contributed by atoms with Crippen molar-refractivity contribution in [1.82, 2.24) is 0 Å². The SMILES string of the molecule is C=C(N)Nc1c2c(cc3c1CCC3)CCC2. The molecule has 0 saturated heterocycles. The molecule has 0 unspecified atom stereocenters. The average molecular weight is 214 g/mol. The summed E-state index contributed by atoms with van der Waals surface area (Å²) in [6.07, 6.45) is 7.41. The third-order valence-corrected chi connectivity index (χ3v) is 3.76. The number of fused-ring (bicyclic) bond motifs is 2. The summed E-state index contributed by atoms with van der Waals surface area (Å²) >= 11 is 0. The van der Waals surface area contributed by atoms with E-state index in [2.05, 4.69) is 18.0 Å². The van der Waals surface area contributed by atoms with Crippen molar-refractivity contribution in [1.29, 1.82) is 0 Å². The van der Waals surface area contributed by atoms with Crippen molar-refractivity contribution >= 4 is 5.69 Å². The highest BCUT2D eigenvalue weighted by Crippen LogP contribution is 2.38. The molecule has 84 valence electrons. The van der Waals surface area contributed by atoms with Gasteiger partial charge in [-0.3, -0.25) is 0 Å². The highest BCUT2D eigenvalue weighted by atomic mass is 15.0. The zero-order valence-electron chi connectivity index (χ0n) is 9.60. The van der Waals surface area contributed by atoms with Gasteiger partial charge in [0.05, 0.1) is 5.82 Å². The first-order chi connectivity index (χ1) is 7.75. The van der Waals surface area contributed by atoms with E-state index in [0.29, 0.717) is 5.82 Å². The van der Waals surface area contributed by atoms with Gasteiger partial charge in [-0.2, -0.15) is 0 Å². The first-order valence-electron chi connectivity index (χ1n) is 6.13. The maximum absolute atomic E-state index is 5.71. The van der Waals surface area contributed by atoms with E-state index in [0.717, 1.165) is 0 Å². The van der Waals surface area contributed by atoms with Gasteiger partial charge in [0, 0.05) is 5.69 Å². The number of nitrogens with one attached hydrogen (secondary N) is 1. The molecule has 0 radical (unpaired) electrons. The van der Waals surface area contributed by atoms with Crippen LogP contribution in [0.25, 0.3) is 0 Å². The van der Waals surface area contributed by atoms with Crippen molar-refractivity contribution < 1.29 is 0 Å². The predicted molar refractivity (Wildman–Crippen MR) is 67.4 cm³/mol. The Hall–Kier alpha value is -1.44. The van der Waals surface area contributed by atoms with Crippen LogP contribution in [0, 0.1) is 0 Å².